The molecule has 1 aromatic rings. The van der Waals surface area contributed by atoms with Crippen molar-refractivity contribution >= 4 is 10.0 Å². The topological polar surface area (TPSA) is 66.4 Å². The second-order valence-corrected chi connectivity index (χ2v) is 6.01. The molecule has 1 unspecified atom stereocenters. The summed E-state index contributed by atoms with van der Waals surface area (Å²) in [6, 6.07) is 5.30. The zero-order chi connectivity index (χ0) is 13.6. The van der Waals surface area contributed by atoms with Gasteiger partial charge in [0.05, 0.1) is 5.75 Å². The van der Waals surface area contributed by atoms with E-state index in [1.54, 1.807) is 19.1 Å². The van der Waals surface area contributed by atoms with Crippen molar-refractivity contribution in [3.05, 3.63) is 35.6 Å². The summed E-state index contributed by atoms with van der Waals surface area (Å²) in [5.41, 5.74) is 0.710. The molecule has 1 rings (SSSR count). The fourth-order valence-corrected chi connectivity index (χ4v) is 2.93. The summed E-state index contributed by atoms with van der Waals surface area (Å²) in [6.07, 6.45) is 0.883. The molecule has 0 amide bonds. The fourth-order valence-electron chi connectivity index (χ4n) is 1.55. The van der Waals surface area contributed by atoms with Crippen LogP contribution in [-0.2, 0) is 10.0 Å². The molecule has 0 aliphatic heterocycles. The lowest BCUT2D eigenvalue weighted by Gasteiger charge is -2.14. The quantitative estimate of drug-likeness (QED) is 0.742. The number of nitrogens with one attached hydrogen (secondary N) is 1. The highest BCUT2D eigenvalue weighted by Gasteiger charge is 2.15. The molecular weight excluding hydrogens is 257 g/mol. The standard InChI is InChI=1S/C12H18FNO3S/c1-10(11-4-6-12(13)7-5-11)14-18(16,17)9-3-2-8-15/h4-7,10,14-15H,2-3,8-9H2,1H3. The number of sulfonamides is 1. The second-order valence-electron chi connectivity index (χ2n) is 4.14. The van der Waals surface area contributed by atoms with Gasteiger partial charge in [-0.1, -0.05) is 12.1 Å². The van der Waals surface area contributed by atoms with Gasteiger partial charge in [0.1, 0.15) is 5.82 Å². The first-order valence-electron chi connectivity index (χ1n) is 5.81. The first-order chi connectivity index (χ1) is 8.44. The highest BCUT2D eigenvalue weighted by molar-refractivity contribution is 7.89. The summed E-state index contributed by atoms with van der Waals surface area (Å²) in [5.74, 6) is -0.365. The smallest absolute Gasteiger partial charge is 0.212 e. The average molecular weight is 275 g/mol. The van der Waals surface area contributed by atoms with E-state index in [9.17, 15) is 12.8 Å². The van der Waals surface area contributed by atoms with E-state index in [-0.39, 0.29) is 18.2 Å². The van der Waals surface area contributed by atoms with E-state index in [1.807, 2.05) is 0 Å². The van der Waals surface area contributed by atoms with Crippen molar-refractivity contribution in [3.63, 3.8) is 0 Å². The van der Waals surface area contributed by atoms with E-state index >= 15 is 0 Å². The number of halogens is 1. The molecule has 1 aromatic carbocycles. The number of rotatable bonds is 7. The van der Waals surface area contributed by atoms with Gasteiger partial charge in [-0.25, -0.2) is 17.5 Å². The summed E-state index contributed by atoms with van der Waals surface area (Å²) in [7, 11) is -3.37. The van der Waals surface area contributed by atoms with Crippen LogP contribution in [0.2, 0.25) is 0 Å². The van der Waals surface area contributed by atoms with E-state index in [1.165, 1.54) is 12.1 Å². The Kier molecular flexibility index (Phi) is 5.71. The Bertz CT molecular complexity index is 459. The van der Waals surface area contributed by atoms with Crippen molar-refractivity contribution < 1.29 is 17.9 Å². The Hall–Kier alpha value is -0.980. The number of benzene rings is 1. The molecule has 0 aromatic heterocycles. The molecule has 102 valence electrons. The van der Waals surface area contributed by atoms with Crippen LogP contribution in [0.3, 0.4) is 0 Å². The van der Waals surface area contributed by atoms with Crippen LogP contribution in [0.1, 0.15) is 31.4 Å². The first kappa shape index (κ1) is 15.1. The number of aliphatic hydroxyl groups is 1. The van der Waals surface area contributed by atoms with Gasteiger partial charge < -0.3 is 5.11 Å². The Labute approximate surface area is 107 Å². The summed E-state index contributed by atoms with van der Waals surface area (Å²) >= 11 is 0. The largest absolute Gasteiger partial charge is 0.396 e. The lowest BCUT2D eigenvalue weighted by molar-refractivity contribution is 0.287. The normalized spacial score (nSPS) is 13.5. The van der Waals surface area contributed by atoms with Gasteiger partial charge in [0.2, 0.25) is 10.0 Å². The maximum absolute atomic E-state index is 12.7. The zero-order valence-corrected chi connectivity index (χ0v) is 11.1. The highest BCUT2D eigenvalue weighted by Crippen LogP contribution is 2.14. The van der Waals surface area contributed by atoms with Gasteiger partial charge in [-0.2, -0.15) is 0 Å². The fraction of sp³-hybridized carbons (Fsp3) is 0.500. The minimum atomic E-state index is -3.37. The van der Waals surface area contributed by atoms with Gasteiger partial charge in [-0.15, -0.1) is 0 Å². The maximum Gasteiger partial charge on any atom is 0.212 e. The van der Waals surface area contributed by atoms with Gasteiger partial charge in [0, 0.05) is 12.6 Å². The number of hydrogen-bond donors (Lipinski definition) is 2. The van der Waals surface area contributed by atoms with E-state index in [4.69, 9.17) is 5.11 Å². The van der Waals surface area contributed by atoms with Crippen LogP contribution in [0, 0.1) is 5.82 Å². The van der Waals surface area contributed by atoms with Crippen molar-refractivity contribution in [1.82, 2.24) is 4.72 Å². The van der Waals surface area contributed by atoms with Crippen molar-refractivity contribution in [1.29, 1.82) is 0 Å². The average Bonchev–Trinajstić information content (AvgIpc) is 2.29. The van der Waals surface area contributed by atoms with Crippen LogP contribution in [-0.4, -0.2) is 25.9 Å². The molecule has 2 N–H and O–H groups in total. The lowest BCUT2D eigenvalue weighted by atomic mass is 10.1. The third kappa shape index (κ3) is 5.12. The molecule has 0 radical (unpaired) electrons. The van der Waals surface area contributed by atoms with E-state index in [0.29, 0.717) is 18.4 Å². The predicted octanol–water partition coefficient (Wildman–Crippen LogP) is 1.58. The van der Waals surface area contributed by atoms with Crippen molar-refractivity contribution in [2.75, 3.05) is 12.4 Å². The number of unbranched alkanes of at least 4 members (excludes halogenated alkanes) is 1. The van der Waals surface area contributed by atoms with E-state index < -0.39 is 16.1 Å². The minimum Gasteiger partial charge on any atom is -0.396 e. The molecule has 0 heterocycles. The van der Waals surface area contributed by atoms with Gasteiger partial charge in [0.25, 0.3) is 0 Å². The molecule has 0 aliphatic rings. The SMILES string of the molecule is CC(NS(=O)(=O)CCCCO)c1ccc(F)cc1. The maximum atomic E-state index is 12.7. The lowest BCUT2D eigenvalue weighted by Crippen LogP contribution is -2.29. The molecule has 1 atom stereocenters. The van der Waals surface area contributed by atoms with Crippen molar-refractivity contribution in [2.24, 2.45) is 0 Å². The summed E-state index contributed by atoms with van der Waals surface area (Å²) in [5, 5.41) is 8.60. The molecule has 0 spiro atoms. The second kappa shape index (κ2) is 6.82. The van der Waals surface area contributed by atoms with E-state index in [0.717, 1.165) is 0 Å². The summed E-state index contributed by atoms with van der Waals surface area (Å²) < 4.78 is 38.6. The summed E-state index contributed by atoms with van der Waals surface area (Å²) in [6.45, 7) is 1.69. The molecule has 18 heavy (non-hydrogen) atoms. The van der Waals surface area contributed by atoms with Gasteiger partial charge in [-0.3, -0.25) is 0 Å². The minimum absolute atomic E-state index is 0.0109. The predicted molar refractivity (Wildman–Crippen MR) is 68.1 cm³/mol. The first-order valence-corrected chi connectivity index (χ1v) is 7.46. The summed E-state index contributed by atoms with van der Waals surface area (Å²) in [4.78, 5) is 0. The molecule has 0 saturated heterocycles. The third-order valence-corrected chi connectivity index (χ3v) is 4.09. The van der Waals surface area contributed by atoms with Crippen LogP contribution in [0.15, 0.2) is 24.3 Å². The molecule has 0 bridgehead atoms. The van der Waals surface area contributed by atoms with Crippen LogP contribution < -0.4 is 4.72 Å². The van der Waals surface area contributed by atoms with E-state index in [2.05, 4.69) is 4.72 Å². The molecular formula is C12H18FNO3S. The van der Waals surface area contributed by atoms with Gasteiger partial charge in [0.15, 0.2) is 0 Å². The Morgan fingerprint density at radius 2 is 1.89 bits per heavy atom. The molecule has 0 fully saturated rings. The Morgan fingerprint density at radius 3 is 2.44 bits per heavy atom. The third-order valence-electron chi connectivity index (χ3n) is 2.55. The number of hydrogen-bond acceptors (Lipinski definition) is 3. The molecule has 0 saturated carbocycles. The number of aliphatic hydroxyl groups excluding tert-OH is 1. The van der Waals surface area contributed by atoms with Crippen molar-refractivity contribution in [3.8, 4) is 0 Å². The zero-order valence-electron chi connectivity index (χ0n) is 10.3. The molecule has 0 aliphatic carbocycles. The van der Waals surface area contributed by atoms with Crippen molar-refractivity contribution in [2.45, 2.75) is 25.8 Å². The van der Waals surface area contributed by atoms with Gasteiger partial charge in [-0.05, 0) is 37.5 Å². The monoisotopic (exact) mass is 275 g/mol. The molecule has 4 nitrogen and oxygen atoms in total. The van der Waals surface area contributed by atoms with Crippen LogP contribution in [0.4, 0.5) is 4.39 Å². The van der Waals surface area contributed by atoms with Crippen LogP contribution in [0.5, 0.6) is 0 Å². The Morgan fingerprint density at radius 1 is 1.28 bits per heavy atom. The molecule has 6 heteroatoms. The van der Waals surface area contributed by atoms with Crippen LogP contribution in [0.25, 0.3) is 0 Å². The van der Waals surface area contributed by atoms with Crippen LogP contribution >= 0.6 is 0 Å². The van der Waals surface area contributed by atoms with Gasteiger partial charge >= 0.3 is 0 Å². The highest BCUT2D eigenvalue weighted by atomic mass is 32.2. The Balaban J connectivity index is 2.58.